The number of hydrogen-bond donors (Lipinski definition) is 1. The summed E-state index contributed by atoms with van der Waals surface area (Å²) in [5.41, 5.74) is 0.898. The van der Waals surface area contributed by atoms with Crippen LogP contribution in [0.1, 0.15) is 15.9 Å². The van der Waals surface area contributed by atoms with E-state index in [-0.39, 0.29) is 17.9 Å². The molecule has 5 nitrogen and oxygen atoms in total. The van der Waals surface area contributed by atoms with Gasteiger partial charge in [-0.2, -0.15) is 0 Å². The van der Waals surface area contributed by atoms with Crippen LogP contribution in [0.25, 0.3) is 0 Å². The summed E-state index contributed by atoms with van der Waals surface area (Å²) in [5, 5.41) is 9.77. The average Bonchev–Trinajstić information content (AvgIpc) is 2.52. The number of benzene rings is 2. The smallest absolute Gasteiger partial charge is 0.342 e. The second-order valence-corrected chi connectivity index (χ2v) is 4.31. The molecular weight excluding hydrogens is 272 g/mol. The second kappa shape index (κ2) is 6.65. The third kappa shape index (κ3) is 3.66. The molecule has 0 aromatic heterocycles. The number of carbonyl (C=O) groups excluding carboxylic acids is 1. The number of phenols is 1. The Labute approximate surface area is 122 Å². The van der Waals surface area contributed by atoms with Crippen LogP contribution in [0.3, 0.4) is 0 Å². The third-order valence-electron chi connectivity index (χ3n) is 2.93. The van der Waals surface area contributed by atoms with Crippen LogP contribution in [0.15, 0.2) is 42.5 Å². The van der Waals surface area contributed by atoms with Crippen molar-refractivity contribution in [3.05, 3.63) is 53.6 Å². The minimum Gasteiger partial charge on any atom is -0.507 e. The molecule has 2 aromatic carbocycles. The Morgan fingerprint density at radius 2 is 1.76 bits per heavy atom. The van der Waals surface area contributed by atoms with Gasteiger partial charge in [-0.15, -0.1) is 0 Å². The molecule has 0 aliphatic rings. The van der Waals surface area contributed by atoms with Crippen molar-refractivity contribution in [1.82, 2.24) is 0 Å². The minimum absolute atomic E-state index is 0.0960. The Kier molecular flexibility index (Phi) is 4.66. The molecule has 0 amide bonds. The van der Waals surface area contributed by atoms with Gasteiger partial charge in [-0.05, 0) is 29.8 Å². The number of aromatic hydroxyl groups is 1. The van der Waals surface area contributed by atoms with Crippen LogP contribution in [0.4, 0.5) is 0 Å². The summed E-state index contributed by atoms with van der Waals surface area (Å²) in [6.07, 6.45) is 0. The van der Waals surface area contributed by atoms with Gasteiger partial charge in [-0.3, -0.25) is 0 Å². The first kappa shape index (κ1) is 14.7. The monoisotopic (exact) mass is 288 g/mol. The highest BCUT2D eigenvalue weighted by Crippen LogP contribution is 2.24. The lowest BCUT2D eigenvalue weighted by molar-refractivity contribution is 0.0469. The van der Waals surface area contributed by atoms with Gasteiger partial charge in [0.05, 0.1) is 14.2 Å². The van der Waals surface area contributed by atoms with E-state index in [1.165, 1.54) is 19.2 Å². The molecule has 0 spiro atoms. The SMILES string of the molecule is COc1cccc(COC(=O)c2ccc(OC)cc2O)c1. The van der Waals surface area contributed by atoms with Crippen molar-refractivity contribution in [2.45, 2.75) is 6.61 Å². The maximum absolute atomic E-state index is 11.9. The molecular formula is C16H16O5. The largest absolute Gasteiger partial charge is 0.507 e. The molecule has 1 N–H and O–H groups in total. The van der Waals surface area contributed by atoms with Gasteiger partial charge in [0.15, 0.2) is 0 Å². The van der Waals surface area contributed by atoms with Crippen LogP contribution in [0.2, 0.25) is 0 Å². The Balaban J connectivity index is 2.04. The van der Waals surface area contributed by atoms with E-state index in [1.807, 2.05) is 12.1 Å². The number of ether oxygens (including phenoxy) is 3. The second-order valence-electron chi connectivity index (χ2n) is 4.31. The normalized spacial score (nSPS) is 10.0. The maximum atomic E-state index is 11.9. The van der Waals surface area contributed by atoms with Gasteiger partial charge in [-0.25, -0.2) is 4.79 Å². The van der Waals surface area contributed by atoms with Crippen LogP contribution >= 0.6 is 0 Å². The molecule has 0 fully saturated rings. The van der Waals surface area contributed by atoms with Crippen molar-refractivity contribution in [2.75, 3.05) is 14.2 Å². The third-order valence-corrected chi connectivity index (χ3v) is 2.93. The Hall–Kier alpha value is -2.69. The van der Waals surface area contributed by atoms with Gasteiger partial charge in [0, 0.05) is 6.07 Å². The number of rotatable bonds is 5. The molecule has 0 unspecified atom stereocenters. The zero-order valence-corrected chi connectivity index (χ0v) is 11.8. The van der Waals surface area contributed by atoms with Gasteiger partial charge >= 0.3 is 5.97 Å². The number of methoxy groups -OCH3 is 2. The molecule has 0 heterocycles. The lowest BCUT2D eigenvalue weighted by atomic mass is 10.2. The molecule has 21 heavy (non-hydrogen) atoms. The van der Waals surface area contributed by atoms with Crippen LogP contribution < -0.4 is 9.47 Å². The van der Waals surface area contributed by atoms with Gasteiger partial charge < -0.3 is 19.3 Å². The molecule has 0 aliphatic heterocycles. The van der Waals surface area contributed by atoms with Gasteiger partial charge in [-0.1, -0.05) is 12.1 Å². The summed E-state index contributed by atoms with van der Waals surface area (Å²) < 4.78 is 15.2. The molecule has 5 heteroatoms. The van der Waals surface area contributed by atoms with E-state index in [0.717, 1.165) is 5.56 Å². The highest BCUT2D eigenvalue weighted by Gasteiger charge is 2.13. The molecule has 2 aromatic rings. The van der Waals surface area contributed by atoms with E-state index in [2.05, 4.69) is 0 Å². The summed E-state index contributed by atoms with van der Waals surface area (Å²) in [6.45, 7) is 0.0987. The molecule has 0 saturated heterocycles. The van der Waals surface area contributed by atoms with E-state index in [4.69, 9.17) is 14.2 Å². The maximum Gasteiger partial charge on any atom is 0.342 e. The number of hydrogen-bond acceptors (Lipinski definition) is 5. The van der Waals surface area contributed by atoms with E-state index in [1.54, 1.807) is 25.3 Å². The predicted molar refractivity (Wildman–Crippen MR) is 76.8 cm³/mol. The fourth-order valence-corrected chi connectivity index (χ4v) is 1.80. The van der Waals surface area contributed by atoms with E-state index >= 15 is 0 Å². The van der Waals surface area contributed by atoms with Crippen molar-refractivity contribution in [3.63, 3.8) is 0 Å². The minimum atomic E-state index is -0.599. The molecule has 0 bridgehead atoms. The van der Waals surface area contributed by atoms with E-state index < -0.39 is 5.97 Å². The van der Waals surface area contributed by atoms with Crippen molar-refractivity contribution in [2.24, 2.45) is 0 Å². The highest BCUT2D eigenvalue weighted by molar-refractivity contribution is 5.92. The molecule has 110 valence electrons. The van der Waals surface area contributed by atoms with Crippen molar-refractivity contribution >= 4 is 5.97 Å². The molecule has 0 atom stereocenters. The van der Waals surface area contributed by atoms with Crippen LogP contribution in [0.5, 0.6) is 17.2 Å². The Morgan fingerprint density at radius 3 is 2.43 bits per heavy atom. The van der Waals surface area contributed by atoms with Crippen molar-refractivity contribution < 1.29 is 24.1 Å². The summed E-state index contributed by atoms with van der Waals surface area (Å²) in [7, 11) is 3.05. The fourth-order valence-electron chi connectivity index (χ4n) is 1.80. The van der Waals surface area contributed by atoms with Gasteiger partial charge in [0.2, 0.25) is 0 Å². The molecule has 2 rings (SSSR count). The Bertz CT molecular complexity index is 636. The first-order valence-corrected chi connectivity index (χ1v) is 6.31. The zero-order chi connectivity index (χ0) is 15.2. The van der Waals surface area contributed by atoms with Crippen LogP contribution in [-0.2, 0) is 11.3 Å². The summed E-state index contributed by atoms with van der Waals surface area (Å²) in [6, 6.07) is 11.6. The Morgan fingerprint density at radius 1 is 1.05 bits per heavy atom. The first-order chi connectivity index (χ1) is 10.1. The van der Waals surface area contributed by atoms with E-state index in [0.29, 0.717) is 11.5 Å². The topological polar surface area (TPSA) is 65.0 Å². The van der Waals surface area contributed by atoms with Gasteiger partial charge in [0.1, 0.15) is 29.4 Å². The number of carbonyl (C=O) groups is 1. The molecule has 0 saturated carbocycles. The quantitative estimate of drug-likeness (QED) is 0.857. The van der Waals surface area contributed by atoms with Crippen molar-refractivity contribution in [3.8, 4) is 17.2 Å². The summed E-state index contributed by atoms with van der Waals surface area (Å²) in [4.78, 5) is 11.9. The van der Waals surface area contributed by atoms with Crippen molar-refractivity contribution in [1.29, 1.82) is 0 Å². The van der Waals surface area contributed by atoms with Gasteiger partial charge in [0.25, 0.3) is 0 Å². The number of esters is 1. The van der Waals surface area contributed by atoms with Crippen LogP contribution in [0, 0.1) is 0 Å². The number of phenolic OH excluding ortho intramolecular Hbond substituents is 1. The first-order valence-electron chi connectivity index (χ1n) is 6.31. The van der Waals surface area contributed by atoms with Crippen LogP contribution in [-0.4, -0.2) is 25.3 Å². The molecule has 0 radical (unpaired) electrons. The standard InChI is InChI=1S/C16H16O5/c1-19-12-5-3-4-11(8-12)10-21-16(18)14-7-6-13(20-2)9-15(14)17/h3-9,17H,10H2,1-2H3. The average molecular weight is 288 g/mol. The lowest BCUT2D eigenvalue weighted by Crippen LogP contribution is -2.05. The molecule has 0 aliphatic carbocycles. The van der Waals surface area contributed by atoms with E-state index in [9.17, 15) is 9.90 Å². The zero-order valence-electron chi connectivity index (χ0n) is 11.8. The highest BCUT2D eigenvalue weighted by atomic mass is 16.5. The lowest BCUT2D eigenvalue weighted by Gasteiger charge is -2.08. The fraction of sp³-hybridized carbons (Fsp3) is 0.188. The predicted octanol–water partition coefficient (Wildman–Crippen LogP) is 2.77. The summed E-state index contributed by atoms with van der Waals surface area (Å²) >= 11 is 0. The summed E-state index contributed by atoms with van der Waals surface area (Å²) in [5.74, 6) is 0.385.